The van der Waals surface area contributed by atoms with Crippen molar-refractivity contribution in [1.82, 2.24) is 0 Å². The molecule has 0 aliphatic carbocycles. The molecule has 0 saturated heterocycles. The Bertz CT molecular complexity index is 573. The minimum Gasteiger partial charge on any atom is -0.495 e. The molecule has 1 aromatic rings. The molecule has 1 aromatic carbocycles. The zero-order chi connectivity index (χ0) is 16.7. The van der Waals surface area contributed by atoms with Gasteiger partial charge in [-0.2, -0.15) is 0 Å². The zero-order valence-corrected chi connectivity index (χ0v) is 13.4. The van der Waals surface area contributed by atoms with Gasteiger partial charge in [-0.05, 0) is 32.0 Å². The Hall–Kier alpha value is -2.08. The molecular formula is C15H18ClNO5. The first kappa shape index (κ1) is 18.0. The number of anilines is 1. The molecule has 0 spiro atoms. The molecule has 0 aliphatic heterocycles. The molecule has 1 rings (SSSR count). The highest BCUT2D eigenvalue weighted by Crippen LogP contribution is 2.27. The molecule has 0 fully saturated rings. The first-order valence-electron chi connectivity index (χ1n) is 6.66. The van der Waals surface area contributed by atoms with E-state index in [9.17, 15) is 14.4 Å². The summed E-state index contributed by atoms with van der Waals surface area (Å²) in [4.78, 5) is 34.3. The van der Waals surface area contributed by atoms with Crippen LogP contribution in [0.2, 0.25) is 5.02 Å². The number of benzene rings is 1. The molecule has 0 bridgehead atoms. The second-order valence-electron chi connectivity index (χ2n) is 4.67. The zero-order valence-electron chi connectivity index (χ0n) is 12.6. The number of Topliss-reactive ketones (excluding diaryl/α,β-unsaturated/α-hetero) is 1. The van der Waals surface area contributed by atoms with Crippen molar-refractivity contribution in [3.63, 3.8) is 0 Å². The second kappa shape index (κ2) is 8.38. The van der Waals surface area contributed by atoms with Crippen molar-refractivity contribution >= 4 is 34.9 Å². The van der Waals surface area contributed by atoms with Gasteiger partial charge in [0.05, 0.1) is 19.2 Å². The van der Waals surface area contributed by atoms with E-state index < -0.39 is 18.0 Å². The van der Waals surface area contributed by atoms with E-state index in [0.29, 0.717) is 16.5 Å². The molecule has 0 heterocycles. The number of halogens is 1. The van der Waals surface area contributed by atoms with Crippen LogP contribution in [0.5, 0.6) is 5.75 Å². The van der Waals surface area contributed by atoms with E-state index in [4.69, 9.17) is 21.1 Å². The number of hydrogen-bond acceptors (Lipinski definition) is 5. The fraction of sp³-hybridized carbons (Fsp3) is 0.400. The number of nitrogens with one attached hydrogen (secondary N) is 1. The molecule has 0 aromatic heterocycles. The Morgan fingerprint density at radius 1 is 1.27 bits per heavy atom. The van der Waals surface area contributed by atoms with Gasteiger partial charge in [-0.25, -0.2) is 0 Å². The van der Waals surface area contributed by atoms with E-state index in [-0.39, 0.29) is 18.6 Å². The van der Waals surface area contributed by atoms with Crippen LogP contribution < -0.4 is 10.1 Å². The van der Waals surface area contributed by atoms with Crippen LogP contribution in [0.1, 0.15) is 26.7 Å². The van der Waals surface area contributed by atoms with Crippen molar-refractivity contribution < 1.29 is 23.9 Å². The van der Waals surface area contributed by atoms with Crippen LogP contribution in [0.3, 0.4) is 0 Å². The molecule has 1 atom stereocenters. The van der Waals surface area contributed by atoms with Crippen molar-refractivity contribution in [1.29, 1.82) is 0 Å². The molecule has 0 unspecified atom stereocenters. The van der Waals surface area contributed by atoms with E-state index in [1.165, 1.54) is 27.0 Å². The average molecular weight is 328 g/mol. The lowest BCUT2D eigenvalue weighted by Crippen LogP contribution is -2.30. The maximum absolute atomic E-state index is 12.0. The fourth-order valence-corrected chi connectivity index (χ4v) is 1.77. The SMILES string of the molecule is COc1ccc(Cl)cc1NC(=O)[C@@H](C)OC(=O)CCC(C)=O. The van der Waals surface area contributed by atoms with Gasteiger partial charge in [0.15, 0.2) is 6.10 Å². The number of carbonyl (C=O) groups excluding carboxylic acids is 3. The second-order valence-corrected chi connectivity index (χ2v) is 5.10. The highest BCUT2D eigenvalue weighted by Gasteiger charge is 2.19. The maximum atomic E-state index is 12.0. The monoisotopic (exact) mass is 327 g/mol. The summed E-state index contributed by atoms with van der Waals surface area (Å²) >= 11 is 5.87. The van der Waals surface area contributed by atoms with Gasteiger partial charge >= 0.3 is 5.97 Å². The Morgan fingerprint density at radius 3 is 2.55 bits per heavy atom. The number of amides is 1. The van der Waals surface area contributed by atoms with Gasteiger partial charge in [-0.1, -0.05) is 11.6 Å². The van der Waals surface area contributed by atoms with E-state index in [1.807, 2.05) is 0 Å². The minimum absolute atomic E-state index is 0.0482. The summed E-state index contributed by atoms with van der Waals surface area (Å²) in [5.41, 5.74) is 0.381. The molecule has 6 nitrogen and oxygen atoms in total. The predicted octanol–water partition coefficient (Wildman–Crippen LogP) is 2.59. The molecule has 120 valence electrons. The third kappa shape index (κ3) is 5.73. The van der Waals surface area contributed by atoms with Crippen molar-refractivity contribution in [2.24, 2.45) is 0 Å². The summed E-state index contributed by atoms with van der Waals surface area (Å²) < 4.78 is 10.1. The van der Waals surface area contributed by atoms with Gasteiger partial charge in [0.2, 0.25) is 0 Å². The van der Waals surface area contributed by atoms with Crippen molar-refractivity contribution in [2.45, 2.75) is 32.8 Å². The van der Waals surface area contributed by atoms with Gasteiger partial charge in [-0.15, -0.1) is 0 Å². The largest absolute Gasteiger partial charge is 0.495 e. The molecule has 7 heteroatoms. The summed E-state index contributed by atoms with van der Waals surface area (Å²) in [6, 6.07) is 4.77. The lowest BCUT2D eigenvalue weighted by Gasteiger charge is -2.15. The fourth-order valence-electron chi connectivity index (χ4n) is 1.60. The molecular weight excluding hydrogens is 310 g/mol. The first-order valence-corrected chi connectivity index (χ1v) is 7.04. The van der Waals surface area contributed by atoms with Crippen molar-refractivity contribution in [3.8, 4) is 5.75 Å². The predicted molar refractivity (Wildman–Crippen MR) is 82.1 cm³/mol. The van der Waals surface area contributed by atoms with Crippen LogP contribution in [-0.4, -0.2) is 30.9 Å². The van der Waals surface area contributed by atoms with Crippen LogP contribution in [-0.2, 0) is 19.1 Å². The number of carbonyl (C=O) groups is 3. The molecule has 1 amide bonds. The quantitative estimate of drug-likeness (QED) is 0.778. The van der Waals surface area contributed by atoms with Crippen LogP contribution in [0.4, 0.5) is 5.69 Å². The van der Waals surface area contributed by atoms with E-state index in [1.54, 1.807) is 12.1 Å². The molecule has 1 N–H and O–H groups in total. The van der Waals surface area contributed by atoms with E-state index in [2.05, 4.69) is 5.32 Å². The smallest absolute Gasteiger partial charge is 0.307 e. The number of esters is 1. The first-order chi connectivity index (χ1) is 10.3. The molecule has 22 heavy (non-hydrogen) atoms. The Kier molecular flexibility index (Phi) is 6.85. The maximum Gasteiger partial charge on any atom is 0.307 e. The van der Waals surface area contributed by atoms with E-state index >= 15 is 0 Å². The van der Waals surface area contributed by atoms with Crippen LogP contribution in [0, 0.1) is 0 Å². The third-order valence-corrected chi connectivity index (χ3v) is 3.01. The topological polar surface area (TPSA) is 81.7 Å². The highest BCUT2D eigenvalue weighted by molar-refractivity contribution is 6.31. The summed E-state index contributed by atoms with van der Waals surface area (Å²) in [6.45, 7) is 2.83. The molecule has 0 aliphatic rings. The van der Waals surface area contributed by atoms with Gasteiger partial charge in [0, 0.05) is 11.4 Å². The Morgan fingerprint density at radius 2 is 1.95 bits per heavy atom. The standard InChI is InChI=1S/C15H18ClNO5/c1-9(18)4-7-14(19)22-10(2)15(20)17-12-8-11(16)5-6-13(12)21-3/h5-6,8,10H,4,7H2,1-3H3,(H,17,20)/t10-/m1/s1. The van der Waals surface area contributed by atoms with Gasteiger partial charge in [0.25, 0.3) is 5.91 Å². The lowest BCUT2D eigenvalue weighted by molar-refractivity contribution is -0.153. The average Bonchev–Trinajstić information content (AvgIpc) is 2.45. The van der Waals surface area contributed by atoms with Crippen LogP contribution in [0.25, 0.3) is 0 Å². The Labute approximate surface area is 133 Å². The highest BCUT2D eigenvalue weighted by atomic mass is 35.5. The minimum atomic E-state index is -0.997. The number of rotatable bonds is 7. The Balaban J connectivity index is 2.62. The molecule has 0 radical (unpaired) electrons. The number of ether oxygens (including phenoxy) is 2. The molecule has 0 saturated carbocycles. The van der Waals surface area contributed by atoms with Crippen LogP contribution >= 0.6 is 11.6 Å². The number of hydrogen-bond donors (Lipinski definition) is 1. The summed E-state index contributed by atoms with van der Waals surface area (Å²) in [5.74, 6) is -0.793. The summed E-state index contributed by atoms with van der Waals surface area (Å²) in [6.07, 6.45) is -0.953. The van der Waals surface area contributed by atoms with Gasteiger partial charge in [-0.3, -0.25) is 9.59 Å². The van der Waals surface area contributed by atoms with Gasteiger partial charge in [0.1, 0.15) is 11.5 Å². The van der Waals surface area contributed by atoms with Crippen molar-refractivity contribution in [2.75, 3.05) is 12.4 Å². The lowest BCUT2D eigenvalue weighted by atomic mass is 10.2. The normalized spacial score (nSPS) is 11.5. The number of methoxy groups -OCH3 is 1. The summed E-state index contributed by atoms with van der Waals surface area (Å²) in [5, 5.41) is 3.01. The van der Waals surface area contributed by atoms with E-state index in [0.717, 1.165) is 0 Å². The van der Waals surface area contributed by atoms with Crippen LogP contribution in [0.15, 0.2) is 18.2 Å². The number of ketones is 1. The third-order valence-electron chi connectivity index (χ3n) is 2.78. The van der Waals surface area contributed by atoms with Crippen molar-refractivity contribution in [3.05, 3.63) is 23.2 Å². The van der Waals surface area contributed by atoms with Gasteiger partial charge < -0.3 is 19.6 Å². The summed E-state index contributed by atoms with van der Waals surface area (Å²) in [7, 11) is 1.46.